The summed E-state index contributed by atoms with van der Waals surface area (Å²) in [5.74, 6) is -0.652. The van der Waals surface area contributed by atoms with E-state index in [0.29, 0.717) is 12.0 Å². The lowest BCUT2D eigenvalue weighted by molar-refractivity contribution is -0.137. The Morgan fingerprint density at radius 3 is 2.70 bits per heavy atom. The van der Waals surface area contributed by atoms with Crippen molar-refractivity contribution in [3.8, 4) is 0 Å². The molecule has 0 saturated heterocycles. The fourth-order valence-electron chi connectivity index (χ4n) is 1.67. The van der Waals surface area contributed by atoms with Crippen molar-refractivity contribution < 1.29 is 18.0 Å². The van der Waals surface area contributed by atoms with Crippen LogP contribution >= 0.6 is 11.3 Å². The molecule has 1 amide bonds. The first-order chi connectivity index (χ1) is 9.41. The van der Waals surface area contributed by atoms with Gasteiger partial charge in [-0.25, -0.2) is 4.98 Å². The van der Waals surface area contributed by atoms with Crippen LogP contribution in [0.15, 0.2) is 29.1 Å². The number of benzene rings is 1. The standard InChI is InChI=1S/C13H11F3N2OS/c1-2-8-3-4-10(9(5-8)13(14,15)16)18-12(19)11-6-20-7-17-11/h3-7H,2H2,1H3,(H,18,19). The van der Waals surface area contributed by atoms with Gasteiger partial charge < -0.3 is 5.32 Å². The molecule has 0 bridgehead atoms. The lowest BCUT2D eigenvalue weighted by Gasteiger charge is -2.14. The largest absolute Gasteiger partial charge is 0.418 e. The Hall–Kier alpha value is -1.89. The summed E-state index contributed by atoms with van der Waals surface area (Å²) < 4.78 is 39.0. The number of alkyl halides is 3. The van der Waals surface area contributed by atoms with Crippen LogP contribution < -0.4 is 5.32 Å². The van der Waals surface area contributed by atoms with Crippen LogP contribution in [-0.2, 0) is 12.6 Å². The Balaban J connectivity index is 2.34. The highest BCUT2D eigenvalue weighted by atomic mass is 32.1. The van der Waals surface area contributed by atoms with Crippen molar-refractivity contribution in [2.24, 2.45) is 0 Å². The van der Waals surface area contributed by atoms with E-state index in [9.17, 15) is 18.0 Å². The van der Waals surface area contributed by atoms with Gasteiger partial charge in [0.25, 0.3) is 5.91 Å². The molecule has 0 atom stereocenters. The molecule has 3 nitrogen and oxygen atoms in total. The van der Waals surface area contributed by atoms with E-state index in [1.54, 1.807) is 13.0 Å². The predicted molar refractivity (Wildman–Crippen MR) is 70.9 cm³/mol. The van der Waals surface area contributed by atoms with Crippen molar-refractivity contribution in [1.29, 1.82) is 0 Å². The molecule has 0 aliphatic rings. The maximum absolute atomic E-state index is 13.0. The summed E-state index contributed by atoms with van der Waals surface area (Å²) >= 11 is 1.20. The number of anilines is 1. The first kappa shape index (κ1) is 14.5. The van der Waals surface area contributed by atoms with Crippen molar-refractivity contribution in [1.82, 2.24) is 4.98 Å². The number of aromatic nitrogens is 1. The van der Waals surface area contributed by atoms with Gasteiger partial charge in [-0.1, -0.05) is 13.0 Å². The number of halogens is 3. The smallest absolute Gasteiger partial charge is 0.320 e. The first-order valence-corrected chi connectivity index (χ1v) is 6.75. The van der Waals surface area contributed by atoms with Gasteiger partial charge in [-0.15, -0.1) is 11.3 Å². The Morgan fingerprint density at radius 2 is 2.15 bits per heavy atom. The highest BCUT2D eigenvalue weighted by Gasteiger charge is 2.34. The van der Waals surface area contributed by atoms with E-state index in [4.69, 9.17) is 0 Å². The van der Waals surface area contributed by atoms with Gasteiger partial charge in [0.05, 0.1) is 16.8 Å². The molecule has 2 rings (SSSR count). The number of rotatable bonds is 3. The van der Waals surface area contributed by atoms with Crippen molar-refractivity contribution in [3.63, 3.8) is 0 Å². The average Bonchev–Trinajstić information content (AvgIpc) is 2.91. The number of thiazole rings is 1. The molecule has 0 aliphatic carbocycles. The Kier molecular flexibility index (Phi) is 4.08. The number of nitrogens with zero attached hydrogens (tertiary/aromatic N) is 1. The van der Waals surface area contributed by atoms with Gasteiger partial charge in [0.1, 0.15) is 5.69 Å². The van der Waals surface area contributed by atoms with Crippen LogP contribution in [0.1, 0.15) is 28.5 Å². The normalized spacial score (nSPS) is 11.4. The van der Waals surface area contributed by atoms with E-state index in [1.165, 1.54) is 28.3 Å². The highest BCUT2D eigenvalue weighted by Crippen LogP contribution is 2.35. The monoisotopic (exact) mass is 300 g/mol. The lowest BCUT2D eigenvalue weighted by Crippen LogP contribution is -2.17. The summed E-state index contributed by atoms with van der Waals surface area (Å²) in [5.41, 5.74) is 1.000. The summed E-state index contributed by atoms with van der Waals surface area (Å²) in [4.78, 5) is 15.5. The molecule has 1 aromatic carbocycles. The molecule has 2 aromatic rings. The summed E-state index contributed by atoms with van der Waals surface area (Å²) in [6.07, 6.45) is -4.03. The van der Waals surface area contributed by atoms with E-state index in [0.717, 1.165) is 6.07 Å². The molecular weight excluding hydrogens is 289 g/mol. The van der Waals surface area contributed by atoms with Crippen LogP contribution in [0.3, 0.4) is 0 Å². The molecule has 106 valence electrons. The minimum atomic E-state index is -4.52. The minimum Gasteiger partial charge on any atom is -0.320 e. The van der Waals surface area contributed by atoms with Crippen molar-refractivity contribution in [3.05, 3.63) is 45.9 Å². The summed E-state index contributed by atoms with van der Waals surface area (Å²) in [7, 11) is 0. The van der Waals surface area contributed by atoms with Crippen LogP contribution in [0.2, 0.25) is 0 Å². The van der Waals surface area contributed by atoms with Gasteiger partial charge in [-0.2, -0.15) is 13.2 Å². The van der Waals surface area contributed by atoms with Crippen molar-refractivity contribution in [2.45, 2.75) is 19.5 Å². The van der Waals surface area contributed by atoms with Gasteiger partial charge in [-0.05, 0) is 24.1 Å². The Morgan fingerprint density at radius 1 is 1.40 bits per heavy atom. The van der Waals surface area contributed by atoms with Crippen LogP contribution in [0.25, 0.3) is 0 Å². The van der Waals surface area contributed by atoms with Crippen LogP contribution in [0.5, 0.6) is 0 Å². The minimum absolute atomic E-state index is 0.0997. The topological polar surface area (TPSA) is 42.0 Å². The molecule has 1 heterocycles. The number of hydrogen-bond acceptors (Lipinski definition) is 3. The second-order valence-corrected chi connectivity index (χ2v) is 4.78. The Bertz CT molecular complexity index is 609. The molecule has 20 heavy (non-hydrogen) atoms. The zero-order chi connectivity index (χ0) is 14.8. The third kappa shape index (κ3) is 3.16. The van der Waals surface area contributed by atoms with Crippen LogP contribution in [0.4, 0.5) is 18.9 Å². The van der Waals surface area contributed by atoms with Crippen molar-refractivity contribution >= 4 is 22.9 Å². The zero-order valence-corrected chi connectivity index (χ0v) is 11.3. The van der Waals surface area contributed by atoms with Crippen LogP contribution in [-0.4, -0.2) is 10.9 Å². The van der Waals surface area contributed by atoms with Crippen LogP contribution in [0, 0.1) is 0 Å². The second-order valence-electron chi connectivity index (χ2n) is 4.06. The first-order valence-electron chi connectivity index (χ1n) is 5.81. The summed E-state index contributed by atoms with van der Waals surface area (Å²) in [6, 6.07) is 3.88. The number of hydrogen-bond donors (Lipinski definition) is 1. The van der Waals surface area contributed by atoms with E-state index in [1.807, 2.05) is 0 Å². The summed E-state index contributed by atoms with van der Waals surface area (Å²) in [5, 5.41) is 3.73. The quantitative estimate of drug-likeness (QED) is 0.931. The maximum Gasteiger partial charge on any atom is 0.418 e. The number of carbonyl (C=O) groups is 1. The molecular formula is C13H11F3N2OS. The second kappa shape index (κ2) is 5.62. The van der Waals surface area contributed by atoms with Gasteiger partial charge >= 0.3 is 6.18 Å². The van der Waals surface area contributed by atoms with E-state index >= 15 is 0 Å². The molecule has 0 spiro atoms. The van der Waals surface area contributed by atoms with Gasteiger partial charge in [0.2, 0.25) is 0 Å². The lowest BCUT2D eigenvalue weighted by atomic mass is 10.1. The van der Waals surface area contributed by atoms with E-state index < -0.39 is 17.6 Å². The predicted octanol–water partition coefficient (Wildman–Crippen LogP) is 3.98. The fourth-order valence-corrected chi connectivity index (χ4v) is 2.20. The third-order valence-electron chi connectivity index (χ3n) is 2.71. The number of carbonyl (C=O) groups excluding carboxylic acids is 1. The molecule has 0 aliphatic heterocycles. The van der Waals surface area contributed by atoms with E-state index in [-0.39, 0.29) is 11.4 Å². The maximum atomic E-state index is 13.0. The molecule has 7 heteroatoms. The highest BCUT2D eigenvalue weighted by molar-refractivity contribution is 7.07. The SMILES string of the molecule is CCc1ccc(NC(=O)c2cscn2)c(C(F)(F)F)c1. The molecule has 1 N–H and O–H groups in total. The van der Waals surface area contributed by atoms with Gasteiger partial charge in [-0.3, -0.25) is 4.79 Å². The molecule has 1 aromatic heterocycles. The fraction of sp³-hybridized carbons (Fsp3) is 0.231. The van der Waals surface area contributed by atoms with Gasteiger partial charge in [0, 0.05) is 5.38 Å². The molecule has 0 unspecified atom stereocenters. The average molecular weight is 300 g/mol. The third-order valence-corrected chi connectivity index (χ3v) is 3.30. The van der Waals surface area contributed by atoms with Crippen molar-refractivity contribution in [2.75, 3.05) is 5.32 Å². The molecule has 0 radical (unpaired) electrons. The molecule has 0 fully saturated rings. The summed E-state index contributed by atoms with van der Waals surface area (Å²) in [6.45, 7) is 1.77. The Labute approximate surface area is 117 Å². The molecule has 0 saturated carbocycles. The van der Waals surface area contributed by atoms with Gasteiger partial charge in [0.15, 0.2) is 0 Å². The number of aryl methyl sites for hydroxylation is 1. The zero-order valence-electron chi connectivity index (χ0n) is 10.5. The number of nitrogens with one attached hydrogen (secondary N) is 1. The van der Waals surface area contributed by atoms with E-state index in [2.05, 4.69) is 10.3 Å². The number of amides is 1.